The lowest BCUT2D eigenvalue weighted by atomic mass is 10.1. The largest absolute Gasteiger partial charge is 0.497 e. The molecular formula is C21H25ClN2O4S. The van der Waals surface area contributed by atoms with Crippen LogP contribution < -0.4 is 9.46 Å². The predicted octanol–water partition coefficient (Wildman–Crippen LogP) is 3.84. The smallest absolute Gasteiger partial charge is 0.255 e. The van der Waals surface area contributed by atoms with Crippen LogP contribution in [0.5, 0.6) is 5.75 Å². The zero-order valence-corrected chi connectivity index (χ0v) is 18.3. The summed E-state index contributed by atoms with van der Waals surface area (Å²) >= 11 is 6.28. The third kappa shape index (κ3) is 5.29. The SMILES string of the molecule is COc1ccc(CN(C(=O)c2cc(S(=O)(=O)NC(C)C)ccc2Cl)C2CC2)cc1. The van der Waals surface area contributed by atoms with Gasteiger partial charge in [0.05, 0.1) is 22.6 Å². The standard InChI is InChI=1S/C21H25ClN2O4S/c1-14(2)23-29(26,27)18-10-11-20(22)19(12-18)21(25)24(16-6-7-16)13-15-4-8-17(28-3)9-5-15/h4-5,8-12,14,16,23H,6-7,13H2,1-3H3. The maximum Gasteiger partial charge on any atom is 0.255 e. The Bertz CT molecular complexity index is 986. The lowest BCUT2D eigenvalue weighted by Crippen LogP contribution is -2.33. The van der Waals surface area contributed by atoms with Gasteiger partial charge >= 0.3 is 0 Å². The number of sulfonamides is 1. The van der Waals surface area contributed by atoms with E-state index in [9.17, 15) is 13.2 Å². The number of halogens is 1. The quantitative estimate of drug-likeness (QED) is 0.682. The Morgan fingerprint density at radius 1 is 1.21 bits per heavy atom. The fourth-order valence-electron chi connectivity index (χ4n) is 3.05. The van der Waals surface area contributed by atoms with E-state index in [1.165, 1.54) is 18.2 Å². The first-order valence-electron chi connectivity index (χ1n) is 9.47. The van der Waals surface area contributed by atoms with Crippen LogP contribution in [-0.4, -0.2) is 38.4 Å². The van der Waals surface area contributed by atoms with Crippen molar-refractivity contribution in [3.63, 3.8) is 0 Å². The van der Waals surface area contributed by atoms with Gasteiger partial charge in [-0.1, -0.05) is 23.7 Å². The van der Waals surface area contributed by atoms with E-state index in [1.54, 1.807) is 25.9 Å². The molecule has 1 aliphatic carbocycles. The van der Waals surface area contributed by atoms with Crippen LogP contribution in [0, 0.1) is 0 Å². The van der Waals surface area contributed by atoms with Crippen molar-refractivity contribution < 1.29 is 17.9 Å². The number of methoxy groups -OCH3 is 1. The van der Waals surface area contributed by atoms with E-state index in [2.05, 4.69) is 4.72 Å². The molecule has 1 saturated carbocycles. The summed E-state index contributed by atoms with van der Waals surface area (Å²) in [6.07, 6.45) is 1.85. The van der Waals surface area contributed by atoms with E-state index in [-0.39, 0.29) is 33.5 Å². The van der Waals surface area contributed by atoms with Gasteiger partial charge in [-0.3, -0.25) is 4.79 Å². The van der Waals surface area contributed by atoms with Crippen LogP contribution in [0.2, 0.25) is 5.02 Å². The van der Waals surface area contributed by atoms with Gasteiger partial charge in [0, 0.05) is 18.6 Å². The van der Waals surface area contributed by atoms with Crippen molar-refractivity contribution >= 4 is 27.5 Å². The van der Waals surface area contributed by atoms with Gasteiger partial charge in [0.25, 0.3) is 5.91 Å². The maximum atomic E-state index is 13.3. The molecule has 2 aromatic rings. The Hall–Kier alpha value is -2.09. The second-order valence-electron chi connectivity index (χ2n) is 7.43. The molecule has 0 saturated heterocycles. The van der Waals surface area contributed by atoms with Crippen LogP contribution in [0.4, 0.5) is 0 Å². The van der Waals surface area contributed by atoms with Crippen molar-refractivity contribution in [2.75, 3.05) is 7.11 Å². The average molecular weight is 437 g/mol. The number of carbonyl (C=O) groups excluding carboxylic acids is 1. The molecule has 0 atom stereocenters. The molecular weight excluding hydrogens is 412 g/mol. The highest BCUT2D eigenvalue weighted by Crippen LogP contribution is 2.32. The Morgan fingerprint density at radius 2 is 1.86 bits per heavy atom. The van der Waals surface area contributed by atoms with E-state index >= 15 is 0 Å². The molecule has 6 nitrogen and oxygen atoms in total. The summed E-state index contributed by atoms with van der Waals surface area (Å²) in [5, 5.41) is 0.235. The van der Waals surface area contributed by atoms with Gasteiger partial charge in [-0.05, 0) is 62.6 Å². The number of hydrogen-bond donors (Lipinski definition) is 1. The predicted molar refractivity (Wildman–Crippen MR) is 113 cm³/mol. The van der Waals surface area contributed by atoms with Crippen molar-refractivity contribution in [1.29, 1.82) is 0 Å². The summed E-state index contributed by atoms with van der Waals surface area (Å²) in [5.41, 5.74) is 1.16. The molecule has 0 aliphatic heterocycles. The van der Waals surface area contributed by atoms with Crippen molar-refractivity contribution in [2.45, 2.75) is 50.2 Å². The van der Waals surface area contributed by atoms with Crippen LogP contribution in [0.15, 0.2) is 47.4 Å². The van der Waals surface area contributed by atoms with Gasteiger partial charge in [-0.2, -0.15) is 0 Å². The third-order valence-electron chi connectivity index (χ3n) is 4.63. The molecule has 0 radical (unpaired) electrons. The molecule has 156 valence electrons. The highest BCUT2D eigenvalue weighted by molar-refractivity contribution is 7.89. The minimum Gasteiger partial charge on any atom is -0.497 e. The van der Waals surface area contributed by atoms with Gasteiger partial charge in [-0.25, -0.2) is 13.1 Å². The lowest BCUT2D eigenvalue weighted by Gasteiger charge is -2.23. The van der Waals surface area contributed by atoms with Gasteiger partial charge < -0.3 is 9.64 Å². The highest BCUT2D eigenvalue weighted by atomic mass is 35.5. The third-order valence-corrected chi connectivity index (χ3v) is 6.62. The monoisotopic (exact) mass is 436 g/mol. The minimum absolute atomic E-state index is 0.0270. The molecule has 29 heavy (non-hydrogen) atoms. The normalized spacial score (nSPS) is 14.1. The van der Waals surface area contributed by atoms with Gasteiger partial charge in [-0.15, -0.1) is 0 Å². The van der Waals surface area contributed by atoms with E-state index in [1.807, 2.05) is 24.3 Å². The Labute approximate surface area is 176 Å². The molecule has 0 bridgehead atoms. The number of benzene rings is 2. The van der Waals surface area contributed by atoms with E-state index in [4.69, 9.17) is 16.3 Å². The molecule has 0 heterocycles. The summed E-state index contributed by atoms with van der Waals surface area (Å²) in [7, 11) is -2.12. The van der Waals surface area contributed by atoms with Gasteiger partial charge in [0.2, 0.25) is 10.0 Å². The number of nitrogens with zero attached hydrogens (tertiary/aromatic N) is 1. The second-order valence-corrected chi connectivity index (χ2v) is 9.55. The average Bonchev–Trinajstić information content (AvgIpc) is 3.50. The van der Waals surface area contributed by atoms with E-state index in [0.717, 1.165) is 24.2 Å². The molecule has 8 heteroatoms. The zero-order valence-electron chi connectivity index (χ0n) is 16.7. The molecule has 1 fully saturated rings. The molecule has 2 aromatic carbocycles. The molecule has 0 aromatic heterocycles. The molecule has 1 aliphatic rings. The highest BCUT2D eigenvalue weighted by Gasteiger charge is 2.34. The number of ether oxygens (including phenoxy) is 1. The summed E-state index contributed by atoms with van der Waals surface area (Å²) in [5.74, 6) is 0.478. The van der Waals surface area contributed by atoms with Crippen molar-refractivity contribution in [2.24, 2.45) is 0 Å². The summed E-state index contributed by atoms with van der Waals surface area (Å²) in [4.78, 5) is 15.1. The van der Waals surface area contributed by atoms with Gasteiger partial charge in [0.15, 0.2) is 0 Å². The maximum absolute atomic E-state index is 13.3. The number of hydrogen-bond acceptors (Lipinski definition) is 4. The Morgan fingerprint density at radius 3 is 2.41 bits per heavy atom. The molecule has 1 N–H and O–H groups in total. The lowest BCUT2D eigenvalue weighted by molar-refractivity contribution is 0.0730. The molecule has 0 spiro atoms. The van der Waals surface area contributed by atoms with Crippen LogP contribution >= 0.6 is 11.6 Å². The number of nitrogens with one attached hydrogen (secondary N) is 1. The fraction of sp³-hybridized carbons (Fsp3) is 0.381. The first-order valence-corrected chi connectivity index (χ1v) is 11.3. The summed E-state index contributed by atoms with van der Waals surface area (Å²) < 4.78 is 32.7. The summed E-state index contributed by atoms with van der Waals surface area (Å²) in [6, 6.07) is 11.6. The van der Waals surface area contributed by atoms with E-state index < -0.39 is 10.0 Å². The van der Waals surface area contributed by atoms with Crippen LogP contribution in [0.25, 0.3) is 0 Å². The first-order chi connectivity index (χ1) is 13.7. The molecule has 0 unspecified atom stereocenters. The fourth-order valence-corrected chi connectivity index (χ4v) is 4.52. The molecule has 1 amide bonds. The Kier molecular flexibility index (Phi) is 6.51. The zero-order chi connectivity index (χ0) is 21.2. The first kappa shape index (κ1) is 21.6. The Balaban J connectivity index is 1.89. The van der Waals surface area contributed by atoms with E-state index in [0.29, 0.717) is 6.54 Å². The van der Waals surface area contributed by atoms with Crippen molar-refractivity contribution in [3.05, 3.63) is 58.6 Å². The topological polar surface area (TPSA) is 75.7 Å². The number of carbonyl (C=O) groups is 1. The van der Waals surface area contributed by atoms with Gasteiger partial charge in [0.1, 0.15) is 5.75 Å². The van der Waals surface area contributed by atoms with Crippen LogP contribution in [-0.2, 0) is 16.6 Å². The second kappa shape index (κ2) is 8.73. The van der Waals surface area contributed by atoms with Crippen LogP contribution in [0.1, 0.15) is 42.6 Å². The van der Waals surface area contributed by atoms with Crippen molar-refractivity contribution in [1.82, 2.24) is 9.62 Å². The van der Waals surface area contributed by atoms with Crippen LogP contribution in [0.3, 0.4) is 0 Å². The molecule has 3 rings (SSSR count). The minimum atomic E-state index is -3.72. The van der Waals surface area contributed by atoms with Crippen molar-refractivity contribution in [3.8, 4) is 5.75 Å². The number of rotatable bonds is 8. The summed E-state index contributed by atoms with van der Waals surface area (Å²) in [6.45, 7) is 3.90. The number of amides is 1.